The number of nitrogens with two attached hydrogens (primary N) is 1. The highest BCUT2D eigenvalue weighted by Gasteiger charge is 2.39. The molecular weight excluding hydrogens is 580 g/mol. The molecule has 0 unspecified atom stereocenters. The van der Waals surface area contributed by atoms with Crippen molar-refractivity contribution in [1.29, 1.82) is 0 Å². The van der Waals surface area contributed by atoms with Gasteiger partial charge in [0.2, 0.25) is 29.5 Å². The molecule has 9 N–H and O–H groups in total. The first-order valence-corrected chi connectivity index (χ1v) is 14.1. The molecule has 2 rings (SSSR count). The molecule has 44 heavy (non-hydrogen) atoms. The number of likely N-dealkylation sites (tertiary alicyclic amines) is 1. The molecule has 1 aromatic carbocycles. The van der Waals surface area contributed by atoms with Crippen LogP contribution in [0.3, 0.4) is 0 Å². The van der Waals surface area contributed by atoms with Crippen LogP contribution in [0.1, 0.15) is 45.6 Å². The maximum Gasteiger partial charge on any atom is 0.325 e. The van der Waals surface area contributed by atoms with Crippen LogP contribution in [-0.4, -0.2) is 105 Å². The summed E-state index contributed by atoms with van der Waals surface area (Å²) in [5.74, 6) is -6.77. The summed E-state index contributed by atoms with van der Waals surface area (Å²) in [6, 6.07) is 0.0317. The minimum atomic E-state index is -1.61. The number of benzene rings is 1. The molecule has 1 aliphatic heterocycles. The minimum absolute atomic E-state index is 0.00849. The monoisotopic (exact) mass is 620 g/mol. The second-order valence-electron chi connectivity index (χ2n) is 10.9. The van der Waals surface area contributed by atoms with Crippen LogP contribution in [0.5, 0.6) is 5.75 Å². The Hall–Kier alpha value is -4.73. The van der Waals surface area contributed by atoms with Crippen LogP contribution in [0.2, 0.25) is 0 Å². The van der Waals surface area contributed by atoms with Crippen molar-refractivity contribution in [3.8, 4) is 5.75 Å². The summed E-state index contributed by atoms with van der Waals surface area (Å²) >= 11 is 0. The van der Waals surface area contributed by atoms with Crippen LogP contribution in [-0.2, 0) is 40.0 Å². The third-order valence-electron chi connectivity index (χ3n) is 7.03. The molecular formula is C28H40N6O10. The number of carbonyl (C=O) groups excluding carboxylic acids is 5. The van der Waals surface area contributed by atoms with Gasteiger partial charge in [-0.25, -0.2) is 0 Å². The van der Waals surface area contributed by atoms with Gasteiger partial charge in [0, 0.05) is 13.0 Å². The van der Waals surface area contributed by atoms with E-state index in [1.165, 1.54) is 24.0 Å². The van der Waals surface area contributed by atoms with Gasteiger partial charge in [-0.15, -0.1) is 0 Å². The first-order valence-electron chi connectivity index (χ1n) is 14.1. The van der Waals surface area contributed by atoms with E-state index in [1.807, 2.05) is 0 Å². The maximum absolute atomic E-state index is 13.8. The molecule has 0 saturated carbocycles. The van der Waals surface area contributed by atoms with Gasteiger partial charge in [0.1, 0.15) is 29.9 Å². The van der Waals surface area contributed by atoms with E-state index in [-0.39, 0.29) is 31.1 Å². The van der Waals surface area contributed by atoms with Crippen molar-refractivity contribution in [3.63, 3.8) is 0 Å². The molecule has 1 saturated heterocycles. The van der Waals surface area contributed by atoms with E-state index in [4.69, 9.17) is 10.8 Å². The van der Waals surface area contributed by atoms with Gasteiger partial charge in [-0.3, -0.25) is 33.6 Å². The Morgan fingerprint density at radius 1 is 0.932 bits per heavy atom. The van der Waals surface area contributed by atoms with Crippen LogP contribution >= 0.6 is 0 Å². The Morgan fingerprint density at radius 2 is 1.57 bits per heavy atom. The molecule has 16 nitrogen and oxygen atoms in total. The number of nitrogens with one attached hydrogen (secondary N) is 4. The smallest absolute Gasteiger partial charge is 0.325 e. The van der Waals surface area contributed by atoms with Crippen LogP contribution < -0.4 is 27.0 Å². The molecule has 0 radical (unpaired) electrons. The number of aliphatic carboxylic acids is 2. The highest BCUT2D eigenvalue weighted by molar-refractivity contribution is 5.97. The third-order valence-corrected chi connectivity index (χ3v) is 7.03. The van der Waals surface area contributed by atoms with Crippen LogP contribution in [0.15, 0.2) is 24.3 Å². The third kappa shape index (κ3) is 10.5. The Labute approximate surface area is 253 Å². The standard InChI is InChI=1S/C28H40N6O10/c1-14(2)23(29)26(41)33-19(11-16-6-8-17(35)9-7-16)27(42)34-10-4-5-20(34)25(40)32-18(12-22(37)38)24(39)30-13-21(36)31-15(3)28(43)44/h6-9,14-15,18-20,23,35H,4-5,10-13,29H2,1-3H3,(H,30,39)(H,31,36)(H,32,40)(H,33,41)(H,37,38)(H,43,44)/t15-,18-,19-,20-,23-/m0/s1. The lowest BCUT2D eigenvalue weighted by Gasteiger charge is -2.30. The number of carboxylic acids is 2. The van der Waals surface area contributed by atoms with Gasteiger partial charge in [-0.2, -0.15) is 0 Å². The lowest BCUT2D eigenvalue weighted by Crippen LogP contribution is -2.58. The van der Waals surface area contributed by atoms with Crippen LogP contribution in [0.25, 0.3) is 0 Å². The Balaban J connectivity index is 2.19. The molecule has 1 fully saturated rings. The van der Waals surface area contributed by atoms with E-state index >= 15 is 0 Å². The predicted molar refractivity (Wildman–Crippen MR) is 154 cm³/mol. The number of amides is 5. The largest absolute Gasteiger partial charge is 0.508 e. The molecule has 1 aliphatic rings. The van der Waals surface area contributed by atoms with E-state index in [2.05, 4.69) is 21.3 Å². The molecule has 16 heteroatoms. The number of hydrogen-bond donors (Lipinski definition) is 8. The zero-order chi connectivity index (χ0) is 33.1. The zero-order valence-electron chi connectivity index (χ0n) is 24.7. The highest BCUT2D eigenvalue weighted by atomic mass is 16.4. The van der Waals surface area contributed by atoms with Gasteiger partial charge in [0.05, 0.1) is 19.0 Å². The number of nitrogens with zero attached hydrogens (tertiary/aromatic N) is 1. The van der Waals surface area contributed by atoms with Crippen molar-refractivity contribution in [1.82, 2.24) is 26.2 Å². The summed E-state index contributed by atoms with van der Waals surface area (Å²) in [5.41, 5.74) is 6.59. The Bertz CT molecular complexity index is 1240. The topological polar surface area (TPSA) is 258 Å². The average molecular weight is 621 g/mol. The first-order chi connectivity index (χ1) is 20.6. The average Bonchev–Trinajstić information content (AvgIpc) is 3.45. The molecule has 0 aliphatic carbocycles. The summed E-state index contributed by atoms with van der Waals surface area (Å²) in [4.78, 5) is 88.1. The van der Waals surface area contributed by atoms with Crippen molar-refractivity contribution < 1.29 is 48.9 Å². The number of hydrogen-bond acceptors (Lipinski definition) is 9. The molecule has 0 spiro atoms. The number of rotatable bonds is 15. The summed E-state index contributed by atoms with van der Waals surface area (Å²) in [6.07, 6.45) is -0.210. The molecule has 5 amide bonds. The fraction of sp³-hybridized carbons (Fsp3) is 0.536. The second kappa shape index (κ2) is 16.2. The SMILES string of the molecule is CC(C)[C@H](N)C(=O)N[C@@H](Cc1ccc(O)cc1)C(=O)N1CCC[C@H]1C(=O)N[C@@H](CC(=O)O)C(=O)NCC(=O)N[C@@H](C)C(=O)O. The lowest BCUT2D eigenvalue weighted by molar-refractivity contribution is -0.144. The van der Waals surface area contributed by atoms with Crippen molar-refractivity contribution in [2.24, 2.45) is 11.7 Å². The molecule has 242 valence electrons. The fourth-order valence-electron chi connectivity index (χ4n) is 4.44. The van der Waals surface area contributed by atoms with E-state index in [0.29, 0.717) is 12.0 Å². The maximum atomic E-state index is 13.8. The zero-order valence-corrected chi connectivity index (χ0v) is 24.7. The number of carbonyl (C=O) groups is 7. The molecule has 1 heterocycles. The summed E-state index contributed by atoms with van der Waals surface area (Å²) in [5, 5.41) is 37.1. The van der Waals surface area contributed by atoms with Crippen molar-refractivity contribution in [3.05, 3.63) is 29.8 Å². The van der Waals surface area contributed by atoms with Crippen LogP contribution in [0, 0.1) is 5.92 Å². The highest BCUT2D eigenvalue weighted by Crippen LogP contribution is 2.21. The molecule has 1 aromatic rings. The lowest BCUT2D eigenvalue weighted by atomic mass is 10.0. The van der Waals surface area contributed by atoms with Crippen LogP contribution in [0.4, 0.5) is 0 Å². The van der Waals surface area contributed by atoms with Gasteiger partial charge in [-0.05, 0) is 43.4 Å². The minimum Gasteiger partial charge on any atom is -0.508 e. The number of phenolic OH excluding ortho intramolecular Hbond substituents is 1. The van der Waals surface area contributed by atoms with Gasteiger partial charge in [0.15, 0.2) is 0 Å². The summed E-state index contributed by atoms with van der Waals surface area (Å²) < 4.78 is 0. The number of aromatic hydroxyl groups is 1. The quantitative estimate of drug-likeness (QED) is 0.107. The first kappa shape index (κ1) is 35.5. The Kier molecular flexibility index (Phi) is 13.1. The summed E-state index contributed by atoms with van der Waals surface area (Å²) in [7, 11) is 0. The second-order valence-corrected chi connectivity index (χ2v) is 10.9. The Morgan fingerprint density at radius 3 is 2.14 bits per heavy atom. The van der Waals surface area contributed by atoms with Crippen molar-refractivity contribution in [2.45, 2.75) is 76.7 Å². The van der Waals surface area contributed by atoms with Gasteiger partial charge >= 0.3 is 11.9 Å². The van der Waals surface area contributed by atoms with Crippen molar-refractivity contribution >= 4 is 41.5 Å². The summed E-state index contributed by atoms with van der Waals surface area (Å²) in [6.45, 7) is 4.17. The van der Waals surface area contributed by atoms with E-state index in [9.17, 15) is 43.8 Å². The normalized spacial score (nSPS) is 17.1. The van der Waals surface area contributed by atoms with E-state index in [1.54, 1.807) is 26.0 Å². The number of carboxylic acid groups (broad SMARTS) is 2. The molecule has 0 bridgehead atoms. The van der Waals surface area contributed by atoms with Gasteiger partial charge < -0.3 is 47.2 Å². The van der Waals surface area contributed by atoms with E-state index < -0.39 is 84.6 Å². The van der Waals surface area contributed by atoms with E-state index in [0.717, 1.165) is 0 Å². The number of phenols is 1. The fourth-order valence-corrected chi connectivity index (χ4v) is 4.44. The molecule has 0 aromatic heterocycles. The van der Waals surface area contributed by atoms with Crippen molar-refractivity contribution in [2.75, 3.05) is 13.1 Å². The van der Waals surface area contributed by atoms with Gasteiger partial charge in [0.25, 0.3) is 0 Å². The predicted octanol–water partition coefficient (Wildman–Crippen LogP) is -1.94. The van der Waals surface area contributed by atoms with Gasteiger partial charge in [-0.1, -0.05) is 26.0 Å². The molecule has 5 atom stereocenters.